The van der Waals surface area contributed by atoms with Gasteiger partial charge in [0.25, 0.3) is 0 Å². The zero-order valence-electron chi connectivity index (χ0n) is 7.93. The molecule has 1 aliphatic carbocycles. The smallest absolute Gasteiger partial charge is 0.308 e. The highest BCUT2D eigenvalue weighted by Crippen LogP contribution is 2.38. The third-order valence-electron chi connectivity index (χ3n) is 2.25. The van der Waals surface area contributed by atoms with Gasteiger partial charge in [-0.1, -0.05) is 0 Å². The summed E-state index contributed by atoms with van der Waals surface area (Å²) in [6.07, 6.45) is 3.75. The van der Waals surface area contributed by atoms with E-state index >= 15 is 0 Å². The first-order valence-electron chi connectivity index (χ1n) is 4.54. The molecule has 0 aliphatic heterocycles. The van der Waals surface area contributed by atoms with Gasteiger partial charge in [0, 0.05) is 5.56 Å². The largest absolute Gasteiger partial charge is 0.481 e. The Bertz CT molecular complexity index is 355. The Hall–Kier alpha value is -1.52. The van der Waals surface area contributed by atoms with Gasteiger partial charge in [0.15, 0.2) is 0 Å². The Morgan fingerprint density at radius 2 is 2.50 bits per heavy atom. The molecule has 1 aromatic rings. The molecule has 0 saturated heterocycles. The van der Waals surface area contributed by atoms with E-state index in [9.17, 15) is 4.79 Å². The van der Waals surface area contributed by atoms with Crippen LogP contribution in [0.2, 0.25) is 0 Å². The fraction of sp³-hybridized carbons (Fsp3) is 0.556. The molecule has 1 aliphatic rings. The number of carboxylic acids is 1. The summed E-state index contributed by atoms with van der Waals surface area (Å²) in [5.74, 6) is -0.270. The highest BCUT2D eigenvalue weighted by molar-refractivity contribution is 5.70. The summed E-state index contributed by atoms with van der Waals surface area (Å²) in [5.41, 5.74) is 0.645. The molecule has 5 heteroatoms. The van der Waals surface area contributed by atoms with Crippen molar-refractivity contribution in [2.24, 2.45) is 0 Å². The standard InChI is InChI=1S/C9H12N2O3/c1-14-9-6(4-8(12)13)5-10-11(9)7-2-3-7/h5,7H,2-4H2,1H3,(H,12,13). The molecule has 1 fully saturated rings. The van der Waals surface area contributed by atoms with E-state index in [2.05, 4.69) is 5.10 Å². The van der Waals surface area contributed by atoms with E-state index in [1.54, 1.807) is 18.0 Å². The van der Waals surface area contributed by atoms with Crippen molar-refractivity contribution >= 4 is 5.97 Å². The molecular weight excluding hydrogens is 184 g/mol. The molecule has 76 valence electrons. The number of methoxy groups -OCH3 is 1. The number of aromatic nitrogens is 2. The lowest BCUT2D eigenvalue weighted by molar-refractivity contribution is -0.136. The first-order valence-corrected chi connectivity index (χ1v) is 4.54. The van der Waals surface area contributed by atoms with E-state index in [0.717, 1.165) is 12.8 Å². The molecule has 0 atom stereocenters. The quantitative estimate of drug-likeness (QED) is 0.775. The minimum Gasteiger partial charge on any atom is -0.481 e. The number of ether oxygens (including phenoxy) is 1. The average molecular weight is 196 g/mol. The molecule has 0 bridgehead atoms. The van der Waals surface area contributed by atoms with Crippen LogP contribution in [0.15, 0.2) is 6.20 Å². The average Bonchev–Trinajstić information content (AvgIpc) is 2.88. The predicted molar refractivity (Wildman–Crippen MR) is 48.4 cm³/mol. The van der Waals surface area contributed by atoms with Gasteiger partial charge < -0.3 is 9.84 Å². The first-order chi connectivity index (χ1) is 6.72. The van der Waals surface area contributed by atoms with Gasteiger partial charge in [-0.25, -0.2) is 4.68 Å². The van der Waals surface area contributed by atoms with Crippen molar-refractivity contribution in [3.8, 4) is 5.88 Å². The van der Waals surface area contributed by atoms with Crippen molar-refractivity contribution in [3.63, 3.8) is 0 Å². The van der Waals surface area contributed by atoms with Gasteiger partial charge >= 0.3 is 5.97 Å². The molecule has 1 aromatic heterocycles. The van der Waals surface area contributed by atoms with Crippen LogP contribution in [-0.2, 0) is 11.2 Å². The lowest BCUT2D eigenvalue weighted by atomic mass is 10.2. The topological polar surface area (TPSA) is 64.3 Å². The Kier molecular flexibility index (Phi) is 2.15. The number of hydrogen-bond acceptors (Lipinski definition) is 3. The molecule has 14 heavy (non-hydrogen) atoms. The first kappa shape index (κ1) is 9.05. The maximum Gasteiger partial charge on any atom is 0.308 e. The predicted octanol–water partition coefficient (Wildman–Crippen LogP) is 0.854. The van der Waals surface area contributed by atoms with E-state index in [0.29, 0.717) is 17.5 Å². The van der Waals surface area contributed by atoms with Crippen LogP contribution in [0.25, 0.3) is 0 Å². The minimum absolute atomic E-state index is 0.0319. The maximum absolute atomic E-state index is 10.5. The SMILES string of the molecule is COc1c(CC(=O)O)cnn1C1CC1. The van der Waals surface area contributed by atoms with Gasteiger partial charge in [0.05, 0.1) is 25.8 Å². The molecule has 0 amide bonds. The normalized spacial score (nSPS) is 15.5. The highest BCUT2D eigenvalue weighted by atomic mass is 16.5. The number of nitrogens with zero attached hydrogens (tertiary/aromatic N) is 2. The molecule has 2 rings (SSSR count). The number of carboxylic acid groups (broad SMARTS) is 1. The maximum atomic E-state index is 10.5. The van der Waals surface area contributed by atoms with Gasteiger partial charge in [-0.15, -0.1) is 0 Å². The summed E-state index contributed by atoms with van der Waals surface area (Å²) in [6, 6.07) is 0.410. The monoisotopic (exact) mass is 196 g/mol. The zero-order chi connectivity index (χ0) is 10.1. The van der Waals surface area contributed by atoms with Crippen molar-refractivity contribution in [1.82, 2.24) is 9.78 Å². The number of aliphatic carboxylic acids is 1. The van der Waals surface area contributed by atoms with Crippen LogP contribution in [0.5, 0.6) is 5.88 Å². The summed E-state index contributed by atoms with van der Waals surface area (Å²) in [5, 5.41) is 12.8. The van der Waals surface area contributed by atoms with Crippen molar-refractivity contribution in [1.29, 1.82) is 0 Å². The molecule has 1 N–H and O–H groups in total. The van der Waals surface area contributed by atoms with Crippen LogP contribution >= 0.6 is 0 Å². The van der Waals surface area contributed by atoms with Crippen molar-refractivity contribution < 1.29 is 14.6 Å². The summed E-state index contributed by atoms with van der Waals surface area (Å²) in [4.78, 5) is 10.5. The van der Waals surface area contributed by atoms with Crippen LogP contribution in [-0.4, -0.2) is 28.0 Å². The lowest BCUT2D eigenvalue weighted by Crippen LogP contribution is -2.04. The van der Waals surface area contributed by atoms with Crippen molar-refractivity contribution in [2.45, 2.75) is 25.3 Å². The van der Waals surface area contributed by atoms with Gasteiger partial charge in [-0.3, -0.25) is 4.79 Å². The Labute approximate surface area is 81.3 Å². The number of hydrogen-bond donors (Lipinski definition) is 1. The van der Waals surface area contributed by atoms with Crippen LogP contribution in [0, 0.1) is 0 Å². The summed E-state index contributed by atoms with van der Waals surface area (Å²) in [7, 11) is 1.54. The highest BCUT2D eigenvalue weighted by Gasteiger charge is 2.28. The molecule has 0 spiro atoms. The lowest BCUT2D eigenvalue weighted by Gasteiger charge is -2.05. The Morgan fingerprint density at radius 1 is 1.79 bits per heavy atom. The van der Waals surface area contributed by atoms with Crippen LogP contribution in [0.3, 0.4) is 0 Å². The third-order valence-corrected chi connectivity index (χ3v) is 2.25. The van der Waals surface area contributed by atoms with Crippen molar-refractivity contribution in [2.75, 3.05) is 7.11 Å². The van der Waals surface area contributed by atoms with Gasteiger partial charge in [0.2, 0.25) is 5.88 Å². The van der Waals surface area contributed by atoms with Gasteiger partial charge in [0.1, 0.15) is 0 Å². The fourth-order valence-corrected chi connectivity index (χ4v) is 1.47. The summed E-state index contributed by atoms with van der Waals surface area (Å²) in [6.45, 7) is 0. The molecule has 1 saturated carbocycles. The number of rotatable bonds is 4. The Morgan fingerprint density at radius 3 is 3.00 bits per heavy atom. The minimum atomic E-state index is -0.862. The second-order valence-corrected chi connectivity index (χ2v) is 3.43. The van der Waals surface area contributed by atoms with E-state index in [1.165, 1.54) is 0 Å². The zero-order valence-corrected chi connectivity index (χ0v) is 7.93. The van der Waals surface area contributed by atoms with E-state index in [1.807, 2.05) is 0 Å². The van der Waals surface area contributed by atoms with Crippen LogP contribution in [0.4, 0.5) is 0 Å². The molecular formula is C9H12N2O3. The molecule has 0 radical (unpaired) electrons. The molecule has 1 heterocycles. The van der Waals surface area contributed by atoms with Crippen LogP contribution < -0.4 is 4.74 Å². The second-order valence-electron chi connectivity index (χ2n) is 3.43. The van der Waals surface area contributed by atoms with E-state index in [-0.39, 0.29) is 6.42 Å². The fourth-order valence-electron chi connectivity index (χ4n) is 1.47. The number of carbonyl (C=O) groups is 1. The van der Waals surface area contributed by atoms with Gasteiger partial charge in [-0.05, 0) is 12.8 Å². The van der Waals surface area contributed by atoms with Gasteiger partial charge in [-0.2, -0.15) is 5.10 Å². The van der Waals surface area contributed by atoms with E-state index < -0.39 is 5.97 Å². The Balaban J connectivity index is 2.26. The molecule has 0 aromatic carbocycles. The molecule has 0 unspecified atom stereocenters. The summed E-state index contributed by atoms with van der Waals surface area (Å²) < 4.78 is 6.93. The van der Waals surface area contributed by atoms with Crippen LogP contribution in [0.1, 0.15) is 24.4 Å². The molecule has 5 nitrogen and oxygen atoms in total. The summed E-state index contributed by atoms with van der Waals surface area (Å²) >= 11 is 0. The second kappa shape index (κ2) is 3.32. The van der Waals surface area contributed by atoms with E-state index in [4.69, 9.17) is 9.84 Å². The third kappa shape index (κ3) is 1.57. The van der Waals surface area contributed by atoms with Crippen molar-refractivity contribution in [3.05, 3.63) is 11.8 Å².